The summed E-state index contributed by atoms with van der Waals surface area (Å²) in [7, 11) is 0. The number of halogens is 1. The zero-order valence-electron chi connectivity index (χ0n) is 14.2. The van der Waals surface area contributed by atoms with Gasteiger partial charge in [-0.15, -0.1) is 0 Å². The van der Waals surface area contributed by atoms with E-state index in [0.29, 0.717) is 6.61 Å². The number of rotatable bonds is 5. The minimum absolute atomic E-state index is 0.123. The van der Waals surface area contributed by atoms with Crippen LogP contribution in [0.15, 0.2) is 39.3 Å². The lowest BCUT2D eigenvalue weighted by Gasteiger charge is -2.28. The molecule has 0 N–H and O–H groups in total. The van der Waals surface area contributed by atoms with Crippen molar-refractivity contribution in [2.24, 2.45) is 0 Å². The van der Waals surface area contributed by atoms with Crippen molar-refractivity contribution in [2.45, 2.75) is 44.1 Å². The van der Waals surface area contributed by atoms with Crippen molar-refractivity contribution in [3.05, 3.63) is 46.3 Å². The van der Waals surface area contributed by atoms with E-state index < -0.39 is 5.41 Å². The van der Waals surface area contributed by atoms with E-state index in [0.717, 1.165) is 53.9 Å². The maximum Gasteiger partial charge on any atom is 0.236 e. The second-order valence-corrected chi connectivity index (χ2v) is 7.89. The van der Waals surface area contributed by atoms with Crippen molar-refractivity contribution in [1.82, 2.24) is 10.1 Å². The fourth-order valence-corrected chi connectivity index (χ4v) is 3.82. The first kappa shape index (κ1) is 16.6. The lowest BCUT2D eigenvalue weighted by atomic mass is 10.0. The molecule has 1 aliphatic carbocycles. The minimum Gasteiger partial charge on any atom is -0.491 e. The minimum atomic E-state index is -0.485. The van der Waals surface area contributed by atoms with Crippen molar-refractivity contribution in [3.8, 4) is 5.75 Å². The molecule has 5 nitrogen and oxygen atoms in total. The number of likely N-dealkylation sites (tertiary alicyclic amines) is 1. The molecule has 2 aliphatic rings. The Morgan fingerprint density at radius 3 is 2.80 bits per heavy atom. The summed E-state index contributed by atoms with van der Waals surface area (Å²) in [6.07, 6.45) is 3.69. The molecule has 1 aliphatic heterocycles. The van der Waals surface area contributed by atoms with E-state index in [-0.39, 0.29) is 11.9 Å². The normalized spacial score (nSPS) is 21.4. The molecule has 1 aromatic heterocycles. The molecule has 0 unspecified atom stereocenters. The molecule has 2 heterocycles. The molecule has 6 heteroatoms. The summed E-state index contributed by atoms with van der Waals surface area (Å²) in [6, 6.07) is 9.80. The van der Waals surface area contributed by atoms with E-state index in [1.54, 1.807) is 0 Å². The Morgan fingerprint density at radius 1 is 1.40 bits per heavy atom. The van der Waals surface area contributed by atoms with E-state index in [1.807, 2.05) is 42.2 Å². The van der Waals surface area contributed by atoms with E-state index >= 15 is 0 Å². The van der Waals surface area contributed by atoms with Crippen LogP contribution in [0.5, 0.6) is 5.75 Å². The molecule has 0 bridgehead atoms. The first-order valence-electron chi connectivity index (χ1n) is 8.72. The monoisotopic (exact) mass is 404 g/mol. The number of ether oxygens (including phenoxy) is 1. The van der Waals surface area contributed by atoms with Gasteiger partial charge in [0.2, 0.25) is 5.91 Å². The predicted molar refractivity (Wildman–Crippen MR) is 96.5 cm³/mol. The average Bonchev–Trinajstić information content (AvgIpc) is 3.08. The van der Waals surface area contributed by atoms with Crippen LogP contribution in [0, 0.1) is 6.92 Å². The number of carbonyl (C=O) groups is 1. The summed E-state index contributed by atoms with van der Waals surface area (Å²) in [5, 5.41) is 3.96. The van der Waals surface area contributed by atoms with Crippen molar-refractivity contribution < 1.29 is 14.1 Å². The average molecular weight is 405 g/mol. The number of aromatic nitrogens is 1. The van der Waals surface area contributed by atoms with Crippen LogP contribution >= 0.6 is 15.9 Å². The summed E-state index contributed by atoms with van der Waals surface area (Å²) in [6.45, 7) is 3.21. The topological polar surface area (TPSA) is 55.6 Å². The van der Waals surface area contributed by atoms with Gasteiger partial charge in [0.1, 0.15) is 17.8 Å². The Balaban J connectivity index is 1.44. The van der Waals surface area contributed by atoms with Crippen molar-refractivity contribution >= 4 is 21.8 Å². The lowest BCUT2D eigenvalue weighted by Crippen LogP contribution is -2.44. The van der Waals surface area contributed by atoms with Gasteiger partial charge in [-0.1, -0.05) is 21.1 Å². The molecule has 4 rings (SSSR count). The summed E-state index contributed by atoms with van der Waals surface area (Å²) in [4.78, 5) is 15.2. The maximum absolute atomic E-state index is 13.2. The van der Waals surface area contributed by atoms with Crippen molar-refractivity contribution in [1.29, 1.82) is 0 Å². The Morgan fingerprint density at radius 2 is 2.16 bits per heavy atom. The Hall–Kier alpha value is -1.82. The van der Waals surface area contributed by atoms with Crippen LogP contribution in [-0.2, 0) is 10.2 Å². The molecule has 132 valence electrons. The number of hydrogen-bond donors (Lipinski definition) is 0. The lowest BCUT2D eigenvalue weighted by molar-refractivity contribution is -0.135. The number of carbonyl (C=O) groups excluding carboxylic acids is 1. The molecule has 0 spiro atoms. The van der Waals surface area contributed by atoms with E-state index in [4.69, 9.17) is 9.26 Å². The highest BCUT2D eigenvalue weighted by Crippen LogP contribution is 2.50. The van der Waals surface area contributed by atoms with Crippen molar-refractivity contribution in [2.75, 3.05) is 13.2 Å². The molecule has 1 saturated carbocycles. The molecule has 1 amide bonds. The first-order chi connectivity index (χ1) is 12.1. The molecule has 2 fully saturated rings. The Bertz CT molecular complexity index is 767. The summed E-state index contributed by atoms with van der Waals surface area (Å²) in [5.41, 5.74) is 0.340. The second-order valence-electron chi connectivity index (χ2n) is 6.97. The van der Waals surface area contributed by atoms with E-state index in [2.05, 4.69) is 21.1 Å². The zero-order chi connectivity index (χ0) is 17.4. The number of hydrogen-bond acceptors (Lipinski definition) is 4. The Kier molecular flexibility index (Phi) is 4.31. The van der Waals surface area contributed by atoms with Gasteiger partial charge in [0.25, 0.3) is 0 Å². The quantitative estimate of drug-likeness (QED) is 0.759. The van der Waals surface area contributed by atoms with Gasteiger partial charge in [-0.2, -0.15) is 0 Å². The van der Waals surface area contributed by atoms with E-state index in [9.17, 15) is 4.79 Å². The third-order valence-corrected chi connectivity index (χ3v) is 5.68. The van der Waals surface area contributed by atoms with Crippen LogP contribution in [0.4, 0.5) is 0 Å². The standard InChI is InChI=1S/C19H21BrN2O3/c1-13-11-17(25-21-13)19(8-9-19)18(23)22-10-2-3-15(22)12-24-16-6-4-14(20)5-7-16/h4-7,11,15H,2-3,8-10,12H2,1H3/t15-/m0/s1. The van der Waals surface area contributed by atoms with Gasteiger partial charge in [-0.05, 0) is 56.9 Å². The maximum atomic E-state index is 13.2. The largest absolute Gasteiger partial charge is 0.491 e. The number of benzene rings is 1. The SMILES string of the molecule is Cc1cc(C2(C(=O)N3CCC[C@H]3COc3ccc(Br)cc3)CC2)on1. The summed E-state index contributed by atoms with van der Waals surface area (Å²) < 4.78 is 12.4. The molecule has 1 saturated heterocycles. The van der Waals surface area contributed by atoms with Crippen LogP contribution in [0.1, 0.15) is 37.1 Å². The van der Waals surface area contributed by atoms with Crippen LogP contribution in [0.2, 0.25) is 0 Å². The van der Waals surface area contributed by atoms with Gasteiger partial charge in [0, 0.05) is 17.1 Å². The highest BCUT2D eigenvalue weighted by molar-refractivity contribution is 9.10. The first-order valence-corrected chi connectivity index (χ1v) is 9.51. The van der Waals surface area contributed by atoms with Crippen molar-refractivity contribution in [3.63, 3.8) is 0 Å². The van der Waals surface area contributed by atoms with Gasteiger partial charge in [-0.25, -0.2) is 0 Å². The second kappa shape index (κ2) is 6.48. The third kappa shape index (κ3) is 3.19. The van der Waals surface area contributed by atoms with Crippen LogP contribution in [-0.4, -0.2) is 35.2 Å². The smallest absolute Gasteiger partial charge is 0.236 e. The van der Waals surface area contributed by atoms with Crippen LogP contribution < -0.4 is 4.74 Å². The number of aryl methyl sites for hydroxylation is 1. The highest BCUT2D eigenvalue weighted by atomic mass is 79.9. The number of nitrogens with zero attached hydrogens (tertiary/aromatic N) is 2. The van der Waals surface area contributed by atoms with Gasteiger partial charge in [-0.3, -0.25) is 4.79 Å². The fraction of sp³-hybridized carbons (Fsp3) is 0.474. The molecule has 1 aromatic carbocycles. The van der Waals surface area contributed by atoms with Gasteiger partial charge in [0.05, 0.1) is 11.7 Å². The molecule has 0 radical (unpaired) electrons. The highest BCUT2D eigenvalue weighted by Gasteiger charge is 2.57. The third-order valence-electron chi connectivity index (χ3n) is 5.15. The van der Waals surface area contributed by atoms with Gasteiger partial charge >= 0.3 is 0 Å². The van der Waals surface area contributed by atoms with Gasteiger partial charge < -0.3 is 14.2 Å². The predicted octanol–water partition coefficient (Wildman–Crippen LogP) is 3.85. The molecular formula is C19H21BrN2O3. The van der Waals surface area contributed by atoms with E-state index in [1.165, 1.54) is 0 Å². The van der Waals surface area contributed by atoms with Crippen LogP contribution in [0.3, 0.4) is 0 Å². The molecule has 2 aromatic rings. The number of amides is 1. The molecular weight excluding hydrogens is 384 g/mol. The van der Waals surface area contributed by atoms with Gasteiger partial charge in [0.15, 0.2) is 5.76 Å². The summed E-state index contributed by atoms with van der Waals surface area (Å²) >= 11 is 3.42. The fourth-order valence-electron chi connectivity index (χ4n) is 3.55. The summed E-state index contributed by atoms with van der Waals surface area (Å²) in [5.74, 6) is 1.72. The molecule has 25 heavy (non-hydrogen) atoms. The molecule has 1 atom stereocenters. The zero-order valence-corrected chi connectivity index (χ0v) is 15.8. The Labute approximate surface area is 155 Å². The van der Waals surface area contributed by atoms with Crippen LogP contribution in [0.25, 0.3) is 0 Å².